The normalized spacial score (nSPS) is 10.0. The van der Waals surface area contributed by atoms with Gasteiger partial charge >= 0.3 is 5.97 Å². The molecule has 0 spiro atoms. The summed E-state index contributed by atoms with van der Waals surface area (Å²) in [6, 6.07) is 0. The number of Topliss-reactive ketones (excluding diaryl/α,β-unsaturated/α-hetero) is 1. The summed E-state index contributed by atoms with van der Waals surface area (Å²) in [7, 11) is 1.14. The fraction of sp³-hybridized carbons (Fsp3) is 0.400. The molecule has 0 aliphatic heterocycles. The Morgan fingerprint density at radius 3 is 2.33 bits per heavy atom. The number of carboxylic acid groups (broad SMARTS) is 1. The molecule has 0 rings (SSSR count). The topological polar surface area (TPSA) is 76.0 Å². The van der Waals surface area contributed by atoms with Gasteiger partial charge in [0.25, 0.3) is 0 Å². The molecule has 0 saturated carbocycles. The minimum Gasteiger partial charge on any atom is -0.476 e. The number of rotatable bonds is 4. The lowest BCUT2D eigenvalue weighted by molar-refractivity contribution is -0.130. The first-order valence-electron chi connectivity index (χ1n) is 2.57. The van der Waals surface area contributed by atoms with Crippen LogP contribution >= 0.6 is 24.0 Å². The van der Waals surface area contributed by atoms with Crippen LogP contribution in [-0.2, 0) is 14.4 Å². The van der Waals surface area contributed by atoms with Crippen LogP contribution in [0.1, 0.15) is 0 Å². The van der Waals surface area contributed by atoms with Gasteiger partial charge in [-0.2, -0.15) is 0 Å². The molecule has 0 bridgehead atoms. The lowest BCUT2D eigenvalue weighted by Gasteiger charge is -1.94. The molecule has 0 aromatic rings. The minimum atomic E-state index is -1.45. The molecule has 0 aromatic heterocycles. The van der Waals surface area contributed by atoms with Gasteiger partial charge in [0.05, 0.1) is 5.88 Å². The third-order valence-electron chi connectivity index (χ3n) is 0.771. The molecule has 1 N–H and O–H groups in total. The average molecular weight is 216 g/mol. The van der Waals surface area contributed by atoms with Gasteiger partial charge in [0.2, 0.25) is 11.5 Å². The second-order valence-electron chi connectivity index (χ2n) is 1.48. The maximum atomic E-state index is 10.6. The van der Waals surface area contributed by atoms with Crippen LogP contribution in [0.3, 0.4) is 0 Å². The number of carboxylic acids is 1. The Morgan fingerprint density at radius 2 is 2.08 bits per heavy atom. The smallest absolute Gasteiger partial charge is 0.361 e. The van der Waals surface area contributed by atoms with E-state index < -0.39 is 23.3 Å². The first-order chi connectivity index (χ1) is 5.13. The zero-order valence-corrected chi connectivity index (χ0v) is 7.68. The Bertz CT molecular complexity index is 204. The third-order valence-corrected chi connectivity index (χ3v) is 1.01. The van der Waals surface area contributed by atoms with E-state index in [2.05, 4.69) is 9.99 Å². The molecule has 0 unspecified atom stereocenters. The Balaban J connectivity index is 0. The number of carbonyl (C=O) groups excluding carboxylic acids is 1. The van der Waals surface area contributed by atoms with Gasteiger partial charge in [-0.25, -0.2) is 4.79 Å². The summed E-state index contributed by atoms with van der Waals surface area (Å²) in [6.45, 7) is 0. The molecule has 0 aliphatic rings. The van der Waals surface area contributed by atoms with Crippen molar-refractivity contribution in [2.75, 3.05) is 13.0 Å². The Labute approximate surface area is 79.7 Å². The summed E-state index contributed by atoms with van der Waals surface area (Å²) in [5.74, 6) is -2.65. The predicted octanol–water partition coefficient (Wildman–Crippen LogP) is 0.303. The van der Waals surface area contributed by atoms with E-state index in [0.29, 0.717) is 0 Å². The van der Waals surface area contributed by atoms with E-state index in [1.165, 1.54) is 0 Å². The van der Waals surface area contributed by atoms with Crippen molar-refractivity contribution >= 4 is 41.5 Å². The van der Waals surface area contributed by atoms with Gasteiger partial charge in [0, 0.05) is 0 Å². The highest BCUT2D eigenvalue weighted by Crippen LogP contribution is 1.87. The molecule has 5 nitrogen and oxygen atoms in total. The van der Waals surface area contributed by atoms with Gasteiger partial charge in [-0.05, 0) is 0 Å². The van der Waals surface area contributed by atoms with Gasteiger partial charge in [-0.15, -0.1) is 24.0 Å². The fourth-order valence-corrected chi connectivity index (χ4v) is 0.490. The number of alkyl halides is 1. The predicted molar refractivity (Wildman–Crippen MR) is 45.1 cm³/mol. The third kappa shape index (κ3) is 4.15. The molecule has 7 heteroatoms. The molecular weight excluding hydrogens is 209 g/mol. The van der Waals surface area contributed by atoms with Crippen LogP contribution in [0.25, 0.3) is 0 Å². The molecular formula is C5H7Cl2NO4. The number of aliphatic carboxylic acids is 1. The van der Waals surface area contributed by atoms with Crippen molar-refractivity contribution in [1.82, 2.24) is 0 Å². The van der Waals surface area contributed by atoms with Gasteiger partial charge in [-0.1, -0.05) is 5.16 Å². The van der Waals surface area contributed by atoms with Gasteiger partial charge < -0.3 is 9.94 Å². The van der Waals surface area contributed by atoms with E-state index in [9.17, 15) is 9.59 Å². The van der Waals surface area contributed by atoms with Crippen LogP contribution in [0.4, 0.5) is 0 Å². The highest BCUT2D eigenvalue weighted by molar-refractivity contribution is 6.67. The molecule has 0 aliphatic carbocycles. The lowest BCUT2D eigenvalue weighted by Crippen LogP contribution is -2.25. The molecule has 0 aromatic carbocycles. The van der Waals surface area contributed by atoms with E-state index in [0.717, 1.165) is 7.11 Å². The summed E-state index contributed by atoms with van der Waals surface area (Å²) >= 11 is 5.08. The maximum absolute atomic E-state index is 10.6. The number of nitrogens with zero attached hydrogens (tertiary/aromatic N) is 1. The molecule has 0 saturated heterocycles. The van der Waals surface area contributed by atoms with E-state index in [-0.39, 0.29) is 12.4 Å². The van der Waals surface area contributed by atoms with E-state index in [1.807, 2.05) is 0 Å². The van der Waals surface area contributed by atoms with Crippen LogP contribution < -0.4 is 0 Å². The zero-order valence-electron chi connectivity index (χ0n) is 6.11. The second-order valence-corrected chi connectivity index (χ2v) is 1.75. The molecule has 0 heterocycles. The number of halogens is 2. The zero-order chi connectivity index (χ0) is 8.85. The van der Waals surface area contributed by atoms with Crippen molar-refractivity contribution in [3.63, 3.8) is 0 Å². The summed E-state index contributed by atoms with van der Waals surface area (Å²) in [6.07, 6.45) is 0. The minimum absolute atomic E-state index is 0. The Hall–Kier alpha value is -0.810. The maximum Gasteiger partial charge on any atom is 0.361 e. The molecule has 12 heavy (non-hydrogen) atoms. The number of hydrogen-bond donors (Lipinski definition) is 1. The van der Waals surface area contributed by atoms with Crippen LogP contribution in [0.5, 0.6) is 0 Å². The Kier molecular flexibility index (Phi) is 7.88. The van der Waals surface area contributed by atoms with Crippen molar-refractivity contribution in [1.29, 1.82) is 0 Å². The first-order valence-corrected chi connectivity index (χ1v) is 3.10. The lowest BCUT2D eigenvalue weighted by atomic mass is 10.3. The summed E-state index contributed by atoms with van der Waals surface area (Å²) in [5.41, 5.74) is -0.692. The van der Waals surface area contributed by atoms with Crippen LogP contribution in [0, 0.1) is 0 Å². The molecule has 0 radical (unpaired) electrons. The summed E-state index contributed by atoms with van der Waals surface area (Å²) < 4.78 is 0. The van der Waals surface area contributed by atoms with Gasteiger partial charge in [0.1, 0.15) is 7.11 Å². The SMILES string of the molecule is CON=C(C(=O)O)C(=O)CCl.Cl. The molecule has 0 amide bonds. The van der Waals surface area contributed by atoms with Crippen molar-refractivity contribution in [2.24, 2.45) is 5.16 Å². The number of ketones is 1. The van der Waals surface area contributed by atoms with Crippen molar-refractivity contribution in [3.8, 4) is 0 Å². The Morgan fingerprint density at radius 1 is 1.58 bits per heavy atom. The van der Waals surface area contributed by atoms with Crippen LogP contribution in [0.2, 0.25) is 0 Å². The van der Waals surface area contributed by atoms with Crippen molar-refractivity contribution in [3.05, 3.63) is 0 Å². The first kappa shape index (κ1) is 13.8. The highest BCUT2D eigenvalue weighted by atomic mass is 35.5. The number of oxime groups is 1. The highest BCUT2D eigenvalue weighted by Gasteiger charge is 2.18. The second kappa shape index (κ2) is 6.87. The molecule has 0 fully saturated rings. The average Bonchev–Trinajstić information content (AvgIpc) is 1.98. The molecule has 0 atom stereocenters. The van der Waals surface area contributed by atoms with E-state index in [1.54, 1.807) is 0 Å². The summed E-state index contributed by atoms with van der Waals surface area (Å²) in [4.78, 5) is 24.9. The van der Waals surface area contributed by atoms with Gasteiger partial charge in [-0.3, -0.25) is 4.79 Å². The fourth-order valence-electron chi connectivity index (χ4n) is 0.364. The molecule has 70 valence electrons. The van der Waals surface area contributed by atoms with Crippen molar-refractivity contribution in [2.45, 2.75) is 0 Å². The number of carbonyl (C=O) groups is 2. The summed E-state index contributed by atoms with van der Waals surface area (Å²) in [5, 5.41) is 11.3. The van der Waals surface area contributed by atoms with Crippen LogP contribution in [-0.4, -0.2) is 35.6 Å². The monoisotopic (exact) mass is 215 g/mol. The number of hydrogen-bond acceptors (Lipinski definition) is 4. The van der Waals surface area contributed by atoms with Crippen molar-refractivity contribution < 1.29 is 19.5 Å². The van der Waals surface area contributed by atoms with E-state index >= 15 is 0 Å². The van der Waals surface area contributed by atoms with Gasteiger partial charge in [0.15, 0.2) is 0 Å². The standard InChI is InChI=1S/C5H6ClNO4.ClH/c1-11-7-4(5(9)10)3(8)2-6;/h2H2,1H3,(H,9,10);1H. The van der Waals surface area contributed by atoms with Crippen LogP contribution in [0.15, 0.2) is 5.16 Å². The quantitative estimate of drug-likeness (QED) is 0.317. The largest absolute Gasteiger partial charge is 0.476 e. The van der Waals surface area contributed by atoms with E-state index in [4.69, 9.17) is 16.7 Å².